The normalized spacial score (nSPS) is 18.0. The molecule has 3 atom stereocenters. The molecule has 2 N–H and O–H groups in total. The van der Waals surface area contributed by atoms with Crippen LogP contribution in [0.3, 0.4) is 0 Å². The highest BCUT2D eigenvalue weighted by molar-refractivity contribution is 5.92. The van der Waals surface area contributed by atoms with Gasteiger partial charge >= 0.3 is 6.09 Å². The third-order valence-electron chi connectivity index (χ3n) is 6.57. The van der Waals surface area contributed by atoms with Crippen LogP contribution in [0.1, 0.15) is 35.4 Å². The van der Waals surface area contributed by atoms with Gasteiger partial charge in [-0.2, -0.15) is 0 Å². The van der Waals surface area contributed by atoms with E-state index in [1.807, 2.05) is 30.3 Å². The molecular weight excluding hydrogens is 496 g/mol. The summed E-state index contributed by atoms with van der Waals surface area (Å²) in [5, 5.41) is 12.1. The molecule has 1 saturated heterocycles. The Morgan fingerprint density at radius 2 is 1.82 bits per heavy atom. The summed E-state index contributed by atoms with van der Waals surface area (Å²) < 4.78 is 33.9. The maximum absolute atomic E-state index is 14.8. The minimum Gasteiger partial charge on any atom is -0.465 e. The average molecular weight is 524 g/mol. The molecule has 0 spiro atoms. The van der Waals surface area contributed by atoms with Gasteiger partial charge in [0.1, 0.15) is 24.0 Å². The second kappa shape index (κ2) is 12.4. The molecule has 0 aliphatic carbocycles. The third-order valence-corrected chi connectivity index (χ3v) is 6.57. The zero-order chi connectivity index (χ0) is 27.1. The van der Waals surface area contributed by atoms with Crippen molar-refractivity contribution in [2.24, 2.45) is 0 Å². The van der Waals surface area contributed by atoms with E-state index in [2.05, 4.69) is 10.3 Å². The summed E-state index contributed by atoms with van der Waals surface area (Å²) in [6.07, 6.45) is 1.60. The average Bonchev–Trinajstić information content (AvgIpc) is 2.92. The van der Waals surface area contributed by atoms with Crippen LogP contribution in [0.4, 0.5) is 19.3 Å². The molecule has 1 aromatic heterocycles. The van der Waals surface area contributed by atoms with Crippen molar-refractivity contribution in [3.05, 3.63) is 95.3 Å². The van der Waals surface area contributed by atoms with Gasteiger partial charge in [-0.25, -0.2) is 13.6 Å². The van der Waals surface area contributed by atoms with Crippen LogP contribution in [0.25, 0.3) is 0 Å². The Hall–Kier alpha value is -4.18. The molecule has 2 amide bonds. The van der Waals surface area contributed by atoms with Crippen molar-refractivity contribution < 1.29 is 33.0 Å². The molecule has 0 radical (unpaired) electrons. The zero-order valence-corrected chi connectivity index (χ0v) is 20.4. The lowest BCUT2D eigenvalue weighted by Crippen LogP contribution is -2.52. The van der Waals surface area contributed by atoms with Crippen LogP contribution < -0.4 is 5.32 Å². The van der Waals surface area contributed by atoms with Crippen LogP contribution in [-0.4, -0.2) is 58.6 Å². The smallest absolute Gasteiger partial charge is 0.408 e. The molecule has 3 aromatic rings. The molecule has 1 aliphatic rings. The fraction of sp³-hybridized carbons (Fsp3) is 0.286. The molecule has 10 heteroatoms. The van der Waals surface area contributed by atoms with Crippen molar-refractivity contribution in [2.45, 2.75) is 37.3 Å². The summed E-state index contributed by atoms with van der Waals surface area (Å²) in [6, 6.07) is 14.4. The lowest BCUT2D eigenvalue weighted by Gasteiger charge is -2.35. The Labute approximate surface area is 218 Å². The van der Waals surface area contributed by atoms with Crippen LogP contribution in [0.2, 0.25) is 0 Å². The summed E-state index contributed by atoms with van der Waals surface area (Å²) in [7, 11) is 0. The molecular formula is C28H27F2N3O5. The van der Waals surface area contributed by atoms with E-state index >= 15 is 0 Å². The van der Waals surface area contributed by atoms with E-state index in [9.17, 15) is 28.3 Å². The quantitative estimate of drug-likeness (QED) is 0.403. The van der Waals surface area contributed by atoms with E-state index in [1.54, 1.807) is 12.1 Å². The highest BCUT2D eigenvalue weighted by Gasteiger charge is 2.32. The van der Waals surface area contributed by atoms with E-state index in [4.69, 9.17) is 4.74 Å². The molecule has 0 saturated carbocycles. The second-order valence-electron chi connectivity index (χ2n) is 9.05. The first kappa shape index (κ1) is 26.9. The molecule has 1 fully saturated rings. The van der Waals surface area contributed by atoms with Gasteiger partial charge < -0.3 is 20.0 Å². The minimum absolute atomic E-state index is 0.0242. The van der Waals surface area contributed by atoms with E-state index < -0.39 is 24.1 Å². The van der Waals surface area contributed by atoms with Crippen molar-refractivity contribution in [2.75, 3.05) is 18.5 Å². The number of nitrogens with one attached hydrogen (secondary N) is 1. The number of carbonyl (C=O) groups is 3. The maximum atomic E-state index is 14.8. The molecule has 2 heterocycles. The van der Waals surface area contributed by atoms with Crippen molar-refractivity contribution in [1.29, 1.82) is 0 Å². The summed E-state index contributed by atoms with van der Waals surface area (Å²) in [6.45, 7) is -0.100. The van der Waals surface area contributed by atoms with Gasteiger partial charge in [-0.3, -0.25) is 14.7 Å². The number of anilines is 1. The number of ether oxygens (including phenoxy) is 1. The second-order valence-corrected chi connectivity index (χ2v) is 9.05. The lowest BCUT2D eigenvalue weighted by atomic mass is 9.88. The first-order chi connectivity index (χ1) is 18.4. The molecule has 1 aliphatic heterocycles. The Kier molecular flexibility index (Phi) is 8.75. The van der Waals surface area contributed by atoms with Crippen LogP contribution in [0.15, 0.2) is 67.0 Å². The van der Waals surface area contributed by atoms with Crippen LogP contribution in [0.5, 0.6) is 0 Å². The van der Waals surface area contributed by atoms with Crippen LogP contribution >= 0.6 is 0 Å². The molecule has 198 valence electrons. The molecule has 4 rings (SSSR count). The number of pyridine rings is 1. The van der Waals surface area contributed by atoms with Crippen molar-refractivity contribution in [3.63, 3.8) is 0 Å². The van der Waals surface area contributed by atoms with Crippen molar-refractivity contribution in [1.82, 2.24) is 9.88 Å². The monoisotopic (exact) mass is 523 g/mol. The highest BCUT2D eigenvalue weighted by atomic mass is 19.1. The number of rotatable bonds is 9. The topological polar surface area (TPSA) is 109 Å². The van der Waals surface area contributed by atoms with Crippen molar-refractivity contribution >= 4 is 24.0 Å². The van der Waals surface area contributed by atoms with Gasteiger partial charge in [0.15, 0.2) is 0 Å². The predicted molar refractivity (Wildman–Crippen MR) is 135 cm³/mol. The van der Waals surface area contributed by atoms with Gasteiger partial charge in [-0.15, -0.1) is 0 Å². The third kappa shape index (κ3) is 6.57. The summed E-state index contributed by atoms with van der Waals surface area (Å²) >= 11 is 0. The number of amides is 2. The van der Waals surface area contributed by atoms with Gasteiger partial charge in [0, 0.05) is 17.9 Å². The number of carboxylic acid groups (broad SMARTS) is 1. The van der Waals surface area contributed by atoms with Gasteiger partial charge in [0.2, 0.25) is 5.91 Å². The zero-order valence-electron chi connectivity index (χ0n) is 20.4. The van der Waals surface area contributed by atoms with Crippen LogP contribution in [0, 0.1) is 11.6 Å². The predicted octanol–water partition coefficient (Wildman–Crippen LogP) is 4.40. The number of hydrogen-bond donors (Lipinski definition) is 2. The number of nitrogens with zero attached hydrogens (tertiary/aromatic N) is 2. The fourth-order valence-corrected chi connectivity index (χ4v) is 4.56. The number of morpholine rings is 1. The first-order valence-electron chi connectivity index (χ1n) is 12.1. The summed E-state index contributed by atoms with van der Waals surface area (Å²) in [4.78, 5) is 40.6. The fourth-order valence-electron chi connectivity index (χ4n) is 4.56. The highest BCUT2D eigenvalue weighted by Crippen LogP contribution is 2.29. The molecule has 2 aromatic carbocycles. The standard InChI is InChI=1S/C28H27F2N3O5/c29-20-8-6-19(7-9-20)24(18-4-2-1-3-5-18)12-27(35)32-26-14-31-13-25(30)23(26)11-10-22-15-33(28(36)37)21(16-34)17-38-22/h1-9,13-14,16,21-22,24H,10-12,15,17H2,(H,32,35)(H,36,37). The van der Waals surface area contributed by atoms with Crippen molar-refractivity contribution in [3.8, 4) is 0 Å². The van der Waals surface area contributed by atoms with E-state index in [0.717, 1.165) is 22.2 Å². The number of aldehydes is 1. The largest absolute Gasteiger partial charge is 0.465 e. The molecule has 38 heavy (non-hydrogen) atoms. The number of halogens is 2. The summed E-state index contributed by atoms with van der Waals surface area (Å²) in [5.41, 5.74) is 2.06. The first-order valence-corrected chi connectivity index (χ1v) is 12.1. The van der Waals surface area contributed by atoms with Gasteiger partial charge in [0.25, 0.3) is 0 Å². The number of aromatic nitrogens is 1. The molecule has 0 bridgehead atoms. The summed E-state index contributed by atoms with van der Waals surface area (Å²) in [5.74, 6) is -1.73. The van der Waals surface area contributed by atoms with Gasteiger partial charge in [0.05, 0.1) is 37.3 Å². The van der Waals surface area contributed by atoms with E-state index in [-0.39, 0.29) is 61.3 Å². The Balaban J connectivity index is 1.47. The van der Waals surface area contributed by atoms with E-state index in [0.29, 0.717) is 6.29 Å². The Bertz CT molecular complexity index is 1270. The molecule has 3 unspecified atom stereocenters. The minimum atomic E-state index is -1.23. The van der Waals surface area contributed by atoms with Crippen LogP contribution in [-0.2, 0) is 20.7 Å². The molecule has 8 nitrogen and oxygen atoms in total. The van der Waals surface area contributed by atoms with Gasteiger partial charge in [-0.05, 0) is 36.1 Å². The number of benzene rings is 2. The maximum Gasteiger partial charge on any atom is 0.408 e. The Morgan fingerprint density at radius 1 is 1.11 bits per heavy atom. The number of hydrogen-bond acceptors (Lipinski definition) is 5. The van der Waals surface area contributed by atoms with Gasteiger partial charge in [-0.1, -0.05) is 42.5 Å². The Morgan fingerprint density at radius 3 is 2.50 bits per heavy atom. The SMILES string of the molecule is O=CC1COC(CCc2c(F)cncc2NC(=O)CC(c2ccccc2)c2ccc(F)cc2)CN1C(=O)O. The lowest BCUT2D eigenvalue weighted by molar-refractivity contribution is -0.121. The number of carbonyl (C=O) groups excluding carboxylic acids is 2. The van der Waals surface area contributed by atoms with E-state index in [1.165, 1.54) is 18.3 Å².